The van der Waals surface area contributed by atoms with Gasteiger partial charge in [0, 0.05) is 25.7 Å². The summed E-state index contributed by atoms with van der Waals surface area (Å²) in [5, 5.41) is 10.6. The molecule has 17 nitrogen and oxygen atoms in total. The second-order valence-corrected chi connectivity index (χ2v) is 31.4. The van der Waals surface area contributed by atoms with Crippen LogP contribution in [0.2, 0.25) is 0 Å². The molecule has 558 valence electrons. The Kier molecular flexibility index (Phi) is 64.3. The van der Waals surface area contributed by atoms with E-state index in [1.807, 2.05) is 0 Å². The van der Waals surface area contributed by atoms with Gasteiger partial charge in [0.05, 0.1) is 26.4 Å². The zero-order chi connectivity index (χ0) is 69.4. The van der Waals surface area contributed by atoms with Crippen molar-refractivity contribution in [2.75, 3.05) is 39.6 Å². The Balaban J connectivity index is 5.25. The third-order valence-corrected chi connectivity index (χ3v) is 19.3. The van der Waals surface area contributed by atoms with Gasteiger partial charge >= 0.3 is 39.5 Å². The van der Waals surface area contributed by atoms with Crippen LogP contribution in [0, 0.1) is 17.8 Å². The Hall–Kier alpha value is -1.94. The van der Waals surface area contributed by atoms with Crippen LogP contribution < -0.4 is 0 Å². The largest absolute Gasteiger partial charge is 0.472 e. The minimum atomic E-state index is -4.96. The van der Waals surface area contributed by atoms with Gasteiger partial charge in [0.25, 0.3) is 0 Å². The fraction of sp³-hybridized carbons (Fsp3) is 0.947. The van der Waals surface area contributed by atoms with Crippen LogP contribution in [0.25, 0.3) is 0 Å². The quantitative estimate of drug-likeness (QED) is 0.0222. The van der Waals surface area contributed by atoms with Gasteiger partial charge in [0.2, 0.25) is 0 Å². The third kappa shape index (κ3) is 68.6. The molecule has 0 rings (SSSR count). The van der Waals surface area contributed by atoms with E-state index in [-0.39, 0.29) is 25.7 Å². The van der Waals surface area contributed by atoms with Crippen LogP contribution in [-0.2, 0) is 65.4 Å². The molecule has 0 bridgehead atoms. The van der Waals surface area contributed by atoms with Gasteiger partial charge in [-0.2, -0.15) is 0 Å². The fourth-order valence-electron chi connectivity index (χ4n) is 11.4. The zero-order valence-corrected chi connectivity index (χ0v) is 63.2. The number of aliphatic hydroxyl groups is 1. The molecule has 0 saturated heterocycles. The highest BCUT2D eigenvalue weighted by Gasteiger charge is 2.30. The lowest BCUT2D eigenvalue weighted by Crippen LogP contribution is -2.30. The van der Waals surface area contributed by atoms with Gasteiger partial charge in [-0.05, 0) is 43.4 Å². The van der Waals surface area contributed by atoms with Crippen LogP contribution in [0.5, 0.6) is 0 Å². The van der Waals surface area contributed by atoms with E-state index < -0.39 is 97.5 Å². The Bertz CT molecular complexity index is 1840. The summed E-state index contributed by atoms with van der Waals surface area (Å²) >= 11 is 0. The summed E-state index contributed by atoms with van der Waals surface area (Å²) in [7, 11) is -9.91. The highest BCUT2D eigenvalue weighted by Crippen LogP contribution is 2.45. The van der Waals surface area contributed by atoms with Gasteiger partial charge in [-0.15, -0.1) is 0 Å². The normalized spacial score (nSPS) is 14.1. The number of hydrogen-bond donors (Lipinski definition) is 3. The predicted octanol–water partition coefficient (Wildman–Crippen LogP) is 21.8. The number of phosphoric acid groups is 2. The highest BCUT2D eigenvalue weighted by molar-refractivity contribution is 7.47. The van der Waals surface area contributed by atoms with Crippen LogP contribution in [-0.4, -0.2) is 96.7 Å². The molecule has 0 aliphatic heterocycles. The topological polar surface area (TPSA) is 237 Å². The van der Waals surface area contributed by atoms with Crippen molar-refractivity contribution in [2.24, 2.45) is 17.8 Å². The Morgan fingerprint density at radius 2 is 0.489 bits per heavy atom. The average Bonchev–Trinajstić information content (AvgIpc) is 1.49. The van der Waals surface area contributed by atoms with Crippen LogP contribution >= 0.6 is 15.6 Å². The van der Waals surface area contributed by atoms with Crippen molar-refractivity contribution >= 4 is 39.5 Å². The van der Waals surface area contributed by atoms with E-state index in [4.69, 9.17) is 37.0 Å². The van der Waals surface area contributed by atoms with E-state index in [2.05, 4.69) is 48.5 Å². The lowest BCUT2D eigenvalue weighted by Gasteiger charge is -2.21. The molecule has 0 aromatic rings. The predicted molar refractivity (Wildman–Crippen MR) is 381 cm³/mol. The van der Waals surface area contributed by atoms with Crippen LogP contribution in [0.4, 0.5) is 0 Å². The Morgan fingerprint density at radius 3 is 0.723 bits per heavy atom. The van der Waals surface area contributed by atoms with Crippen molar-refractivity contribution in [3.05, 3.63) is 0 Å². The minimum Gasteiger partial charge on any atom is -0.462 e. The van der Waals surface area contributed by atoms with Crippen molar-refractivity contribution in [1.29, 1.82) is 0 Å². The van der Waals surface area contributed by atoms with Crippen LogP contribution in [0.15, 0.2) is 0 Å². The van der Waals surface area contributed by atoms with Gasteiger partial charge in [0.1, 0.15) is 19.3 Å². The summed E-state index contributed by atoms with van der Waals surface area (Å²) in [5.41, 5.74) is 0. The molecule has 0 aromatic heterocycles. The molecular weight excluding hydrogens is 1230 g/mol. The molecule has 0 aliphatic rings. The van der Waals surface area contributed by atoms with E-state index in [1.54, 1.807) is 0 Å². The summed E-state index contributed by atoms with van der Waals surface area (Å²) in [5.74, 6) is 0.114. The monoisotopic (exact) mass is 1380 g/mol. The van der Waals surface area contributed by atoms with E-state index >= 15 is 0 Å². The smallest absolute Gasteiger partial charge is 0.462 e. The molecule has 5 atom stereocenters. The molecule has 3 N–H and O–H groups in total. The summed E-state index contributed by atoms with van der Waals surface area (Å²) in [6.45, 7) is 11.8. The minimum absolute atomic E-state index is 0.105. The molecule has 0 aliphatic carbocycles. The first-order valence-electron chi connectivity index (χ1n) is 38.8. The molecule has 2 unspecified atom stereocenters. The van der Waals surface area contributed by atoms with Crippen molar-refractivity contribution in [3.8, 4) is 0 Å². The van der Waals surface area contributed by atoms with E-state index in [0.29, 0.717) is 25.7 Å². The lowest BCUT2D eigenvalue weighted by molar-refractivity contribution is -0.161. The van der Waals surface area contributed by atoms with Gasteiger partial charge in [-0.1, -0.05) is 331 Å². The standard InChI is InChI=1S/C75H146O17P2/c1-8-9-10-11-12-13-14-15-16-17-18-19-22-28-37-44-51-58-74(79)91-70(62-85-72(77)56-49-42-35-27-23-20-21-25-32-39-46-53-66(2)3)64-89-93(81,82)87-60-69(76)61-88-94(83,84)90-65-71(63-86-73(78)57-50-43-36-31-30-34-41-48-55-68(6)7)92-75(80)59-52-45-38-29-24-26-33-40-47-54-67(4)5/h66-71,76H,8-65H2,1-7H3,(H,81,82)(H,83,84)/t69-,70-,71-/m1/s1. The summed E-state index contributed by atoms with van der Waals surface area (Å²) in [6.07, 6.45) is 51.4. The van der Waals surface area contributed by atoms with Gasteiger partial charge in [-0.3, -0.25) is 37.3 Å². The van der Waals surface area contributed by atoms with Gasteiger partial charge in [-0.25, -0.2) is 9.13 Å². The first-order chi connectivity index (χ1) is 45.2. The second kappa shape index (κ2) is 65.7. The van der Waals surface area contributed by atoms with Crippen LogP contribution in [0.3, 0.4) is 0 Å². The number of unbranched alkanes of at least 4 members (excludes halogenated alkanes) is 41. The van der Waals surface area contributed by atoms with Crippen LogP contribution in [0.1, 0.15) is 382 Å². The molecule has 0 fully saturated rings. The summed E-state index contributed by atoms with van der Waals surface area (Å²) in [6, 6.07) is 0. The molecule has 94 heavy (non-hydrogen) atoms. The number of carbonyl (C=O) groups excluding carboxylic acids is 4. The molecule has 0 aromatic carbocycles. The number of ether oxygens (including phenoxy) is 4. The number of carbonyl (C=O) groups is 4. The number of phosphoric ester groups is 2. The first kappa shape index (κ1) is 92.1. The highest BCUT2D eigenvalue weighted by atomic mass is 31.2. The maximum Gasteiger partial charge on any atom is 0.472 e. The second-order valence-electron chi connectivity index (χ2n) is 28.5. The molecule has 0 amide bonds. The number of aliphatic hydroxyl groups excluding tert-OH is 1. The zero-order valence-electron chi connectivity index (χ0n) is 61.4. The first-order valence-corrected chi connectivity index (χ1v) is 41.8. The average molecular weight is 1380 g/mol. The SMILES string of the molecule is CCCCCCCCCCCCCCCCCCCC(=O)O[C@H](COC(=O)CCCCCCCCCCCCCC(C)C)COP(=O)(O)OC[C@@H](O)COP(=O)(O)OC[C@@H](COC(=O)CCCCCCCCCCC(C)C)OC(=O)CCCCCCCCCCCC(C)C. The number of rotatable bonds is 73. The van der Waals surface area contributed by atoms with Crippen molar-refractivity contribution in [2.45, 2.75) is 401 Å². The van der Waals surface area contributed by atoms with E-state index in [0.717, 1.165) is 108 Å². The summed E-state index contributed by atoms with van der Waals surface area (Å²) in [4.78, 5) is 72.8. The molecule has 0 saturated carbocycles. The third-order valence-electron chi connectivity index (χ3n) is 17.4. The Labute approximate surface area is 575 Å². The number of hydrogen-bond acceptors (Lipinski definition) is 15. The molecule has 19 heteroatoms. The van der Waals surface area contributed by atoms with Gasteiger partial charge in [0.15, 0.2) is 12.2 Å². The molecular formula is C75H146O17P2. The molecule has 0 heterocycles. The maximum atomic E-state index is 13.1. The molecule has 0 radical (unpaired) electrons. The Morgan fingerprint density at radius 1 is 0.287 bits per heavy atom. The number of esters is 4. The molecule has 0 spiro atoms. The van der Waals surface area contributed by atoms with Crippen molar-refractivity contribution in [1.82, 2.24) is 0 Å². The maximum absolute atomic E-state index is 13.1. The van der Waals surface area contributed by atoms with Crippen molar-refractivity contribution in [3.63, 3.8) is 0 Å². The van der Waals surface area contributed by atoms with E-state index in [9.17, 15) is 43.2 Å². The van der Waals surface area contributed by atoms with Crippen molar-refractivity contribution < 1.29 is 80.2 Å². The lowest BCUT2D eigenvalue weighted by atomic mass is 10.0. The fourth-order valence-corrected chi connectivity index (χ4v) is 13.0. The summed E-state index contributed by atoms with van der Waals surface area (Å²) < 4.78 is 68.5. The van der Waals surface area contributed by atoms with E-state index in [1.165, 1.54) is 193 Å². The van der Waals surface area contributed by atoms with Gasteiger partial charge < -0.3 is 33.8 Å².